The topological polar surface area (TPSA) is 111 Å². The third-order valence-corrected chi connectivity index (χ3v) is 2.86. The van der Waals surface area contributed by atoms with Gasteiger partial charge in [0.1, 0.15) is 5.82 Å². The largest absolute Gasteiger partial charge is 0.378 e. The molecule has 2 rings (SSSR count). The van der Waals surface area contributed by atoms with Crippen molar-refractivity contribution in [2.75, 3.05) is 11.1 Å². The molecule has 7 nitrogen and oxygen atoms in total. The Hall–Kier alpha value is -2.67. The molecule has 0 fully saturated rings. The van der Waals surface area contributed by atoms with Crippen molar-refractivity contribution >= 4 is 34.8 Å². The number of nitro groups is 1. The van der Waals surface area contributed by atoms with E-state index in [0.717, 1.165) is 5.56 Å². The van der Waals surface area contributed by atoms with Crippen molar-refractivity contribution in [3.8, 4) is 0 Å². The fourth-order valence-electron chi connectivity index (χ4n) is 1.71. The van der Waals surface area contributed by atoms with Gasteiger partial charge in [-0.15, -0.1) is 0 Å². The highest BCUT2D eigenvalue weighted by Crippen LogP contribution is 2.20. The fraction of sp³-hybridized carbons (Fsp3) is 0.0769. The van der Waals surface area contributed by atoms with Gasteiger partial charge in [-0.3, -0.25) is 14.9 Å². The van der Waals surface area contributed by atoms with Crippen molar-refractivity contribution in [1.82, 2.24) is 4.98 Å². The van der Waals surface area contributed by atoms with Gasteiger partial charge in [0.2, 0.25) is 11.7 Å². The molecule has 0 bridgehead atoms. The van der Waals surface area contributed by atoms with Crippen LogP contribution in [0.5, 0.6) is 0 Å². The third kappa shape index (κ3) is 3.90. The lowest BCUT2D eigenvalue weighted by Gasteiger charge is -2.05. The second kappa shape index (κ2) is 6.19. The first kappa shape index (κ1) is 14.7. The van der Waals surface area contributed by atoms with Crippen molar-refractivity contribution in [3.63, 3.8) is 0 Å². The maximum absolute atomic E-state index is 11.9. The smallest absolute Gasteiger partial charge is 0.311 e. The second-order valence-corrected chi connectivity index (χ2v) is 4.65. The Balaban J connectivity index is 2.06. The lowest BCUT2D eigenvalue weighted by molar-refractivity contribution is -0.384. The zero-order valence-electron chi connectivity index (χ0n) is 10.7. The average Bonchev–Trinajstić information content (AvgIpc) is 2.38. The van der Waals surface area contributed by atoms with Crippen molar-refractivity contribution < 1.29 is 9.72 Å². The van der Waals surface area contributed by atoms with Crippen LogP contribution in [0.4, 0.5) is 17.3 Å². The summed E-state index contributed by atoms with van der Waals surface area (Å²) in [6.45, 7) is 0. The van der Waals surface area contributed by atoms with Crippen LogP contribution in [-0.4, -0.2) is 15.8 Å². The van der Waals surface area contributed by atoms with E-state index in [1.54, 1.807) is 24.3 Å². The Morgan fingerprint density at radius 3 is 2.76 bits per heavy atom. The molecule has 0 unspecified atom stereocenters. The number of benzene rings is 1. The second-order valence-electron chi connectivity index (χ2n) is 4.21. The lowest BCUT2D eigenvalue weighted by Crippen LogP contribution is -2.15. The molecule has 1 heterocycles. The number of amides is 1. The van der Waals surface area contributed by atoms with Crippen LogP contribution in [-0.2, 0) is 11.2 Å². The number of carbonyl (C=O) groups is 1. The van der Waals surface area contributed by atoms with Crippen LogP contribution in [0, 0.1) is 10.1 Å². The molecule has 3 N–H and O–H groups in total. The molecule has 8 heteroatoms. The molecule has 0 spiro atoms. The number of anilines is 2. The van der Waals surface area contributed by atoms with Crippen molar-refractivity contribution in [2.45, 2.75) is 6.42 Å². The summed E-state index contributed by atoms with van der Waals surface area (Å²) in [5, 5.41) is 13.7. The number of aromatic nitrogens is 1. The number of rotatable bonds is 4. The van der Waals surface area contributed by atoms with E-state index in [-0.39, 0.29) is 29.7 Å². The van der Waals surface area contributed by atoms with E-state index in [4.69, 9.17) is 17.3 Å². The van der Waals surface area contributed by atoms with Crippen LogP contribution in [0.25, 0.3) is 0 Å². The van der Waals surface area contributed by atoms with Gasteiger partial charge in [-0.25, -0.2) is 4.98 Å². The molecule has 1 aromatic carbocycles. The summed E-state index contributed by atoms with van der Waals surface area (Å²) in [4.78, 5) is 25.6. The number of nitrogen functional groups attached to an aromatic ring is 1. The van der Waals surface area contributed by atoms with E-state index in [9.17, 15) is 14.9 Å². The summed E-state index contributed by atoms with van der Waals surface area (Å²) < 4.78 is 0. The molecule has 0 radical (unpaired) electrons. The van der Waals surface area contributed by atoms with E-state index in [1.165, 1.54) is 12.1 Å². The van der Waals surface area contributed by atoms with Crippen molar-refractivity contribution in [2.24, 2.45) is 0 Å². The molecule has 1 aromatic heterocycles. The first-order chi connectivity index (χ1) is 9.95. The van der Waals surface area contributed by atoms with E-state index in [2.05, 4.69) is 10.3 Å². The molecule has 0 saturated carbocycles. The Morgan fingerprint density at radius 1 is 1.38 bits per heavy atom. The van der Waals surface area contributed by atoms with Crippen LogP contribution in [0.15, 0.2) is 36.4 Å². The highest BCUT2D eigenvalue weighted by molar-refractivity contribution is 6.30. The Morgan fingerprint density at radius 2 is 2.14 bits per heavy atom. The number of nitrogens with zero attached hydrogens (tertiary/aromatic N) is 2. The van der Waals surface area contributed by atoms with Gasteiger partial charge in [0.25, 0.3) is 0 Å². The van der Waals surface area contributed by atoms with Crippen LogP contribution >= 0.6 is 11.6 Å². The Labute approximate surface area is 124 Å². The number of nitrogens with one attached hydrogen (secondary N) is 1. The first-order valence-electron chi connectivity index (χ1n) is 5.91. The van der Waals surface area contributed by atoms with Gasteiger partial charge >= 0.3 is 5.69 Å². The molecule has 2 aromatic rings. The minimum Gasteiger partial charge on any atom is -0.378 e. The van der Waals surface area contributed by atoms with Gasteiger partial charge in [0.15, 0.2) is 0 Å². The van der Waals surface area contributed by atoms with Crippen LogP contribution in [0.3, 0.4) is 0 Å². The number of hydrogen-bond donors (Lipinski definition) is 2. The molecular weight excluding hydrogens is 296 g/mol. The Kier molecular flexibility index (Phi) is 4.34. The average molecular weight is 307 g/mol. The lowest BCUT2D eigenvalue weighted by atomic mass is 10.1. The number of hydrogen-bond acceptors (Lipinski definition) is 5. The van der Waals surface area contributed by atoms with Crippen molar-refractivity contribution in [1.29, 1.82) is 0 Å². The zero-order chi connectivity index (χ0) is 15.4. The Bertz CT molecular complexity index is 706. The van der Waals surface area contributed by atoms with Gasteiger partial charge in [0.05, 0.1) is 11.3 Å². The molecule has 108 valence electrons. The molecule has 1 amide bonds. The van der Waals surface area contributed by atoms with Crippen LogP contribution in [0.2, 0.25) is 5.02 Å². The molecule has 0 aliphatic rings. The van der Waals surface area contributed by atoms with Crippen molar-refractivity contribution in [3.05, 3.63) is 57.1 Å². The highest BCUT2D eigenvalue weighted by Gasteiger charge is 2.14. The summed E-state index contributed by atoms with van der Waals surface area (Å²) in [5.74, 6) is -0.413. The molecular formula is C13H11ClN4O3. The quantitative estimate of drug-likeness (QED) is 0.665. The molecule has 0 atom stereocenters. The van der Waals surface area contributed by atoms with E-state index in [0.29, 0.717) is 5.02 Å². The maximum atomic E-state index is 11.9. The van der Waals surface area contributed by atoms with Gasteiger partial charge in [-0.2, -0.15) is 0 Å². The standard InChI is InChI=1S/C13H11ClN4O3/c14-9-3-1-2-8(6-9)7-12(19)16-11-5-4-10(18(20)21)13(15)17-11/h1-6H,7H2,(H3,15,16,17,19). The van der Waals surface area contributed by atoms with Gasteiger partial charge < -0.3 is 11.1 Å². The highest BCUT2D eigenvalue weighted by atomic mass is 35.5. The number of pyridine rings is 1. The number of nitrogens with two attached hydrogens (primary N) is 1. The summed E-state index contributed by atoms with van der Waals surface area (Å²) >= 11 is 5.83. The summed E-state index contributed by atoms with van der Waals surface area (Å²) in [6.07, 6.45) is 0.110. The monoisotopic (exact) mass is 306 g/mol. The predicted octanol–water partition coefficient (Wildman–Crippen LogP) is 2.41. The molecule has 0 saturated heterocycles. The molecule has 0 aliphatic carbocycles. The number of carbonyl (C=O) groups excluding carboxylic acids is 1. The SMILES string of the molecule is Nc1nc(NC(=O)Cc2cccc(Cl)c2)ccc1[N+](=O)[O-]. The van der Waals surface area contributed by atoms with E-state index < -0.39 is 4.92 Å². The summed E-state index contributed by atoms with van der Waals surface area (Å²) in [7, 11) is 0. The maximum Gasteiger partial charge on any atom is 0.311 e. The van der Waals surface area contributed by atoms with Crippen LogP contribution in [0.1, 0.15) is 5.56 Å². The van der Waals surface area contributed by atoms with Gasteiger partial charge in [-0.05, 0) is 23.8 Å². The number of halogens is 1. The first-order valence-corrected chi connectivity index (χ1v) is 6.28. The van der Waals surface area contributed by atoms with E-state index >= 15 is 0 Å². The summed E-state index contributed by atoms with van der Waals surface area (Å²) in [5.41, 5.74) is 5.89. The minimum atomic E-state index is -0.639. The minimum absolute atomic E-state index is 0.110. The molecule has 0 aliphatic heterocycles. The third-order valence-electron chi connectivity index (χ3n) is 2.62. The van der Waals surface area contributed by atoms with Gasteiger partial charge in [0, 0.05) is 11.1 Å². The summed E-state index contributed by atoms with van der Waals surface area (Å²) in [6, 6.07) is 9.41. The normalized spacial score (nSPS) is 10.1. The van der Waals surface area contributed by atoms with E-state index in [1.807, 2.05) is 0 Å². The fourth-order valence-corrected chi connectivity index (χ4v) is 1.92. The zero-order valence-corrected chi connectivity index (χ0v) is 11.5. The predicted molar refractivity (Wildman–Crippen MR) is 79.1 cm³/mol. The van der Waals surface area contributed by atoms with Crippen LogP contribution < -0.4 is 11.1 Å². The van der Waals surface area contributed by atoms with Gasteiger partial charge in [-0.1, -0.05) is 23.7 Å². The molecule has 21 heavy (non-hydrogen) atoms.